The van der Waals surface area contributed by atoms with Gasteiger partial charge in [0.1, 0.15) is 0 Å². The smallest absolute Gasteiger partial charge is 0.233 e. The Kier molecular flexibility index (Phi) is 4.08. The summed E-state index contributed by atoms with van der Waals surface area (Å²) in [4.78, 5) is 14.2. The van der Waals surface area contributed by atoms with E-state index < -0.39 is 0 Å². The molecule has 108 valence electrons. The minimum Gasteiger partial charge on any atom is -0.381 e. The second-order valence-corrected chi connectivity index (χ2v) is 6.55. The lowest BCUT2D eigenvalue weighted by atomic mass is 9.92. The first-order valence-electron chi connectivity index (χ1n) is 7.78. The van der Waals surface area contributed by atoms with E-state index in [1.165, 1.54) is 32.1 Å². The van der Waals surface area contributed by atoms with E-state index in [1.54, 1.807) is 7.05 Å². The number of carbonyl (C=O) groups is 1. The molecule has 0 aromatic carbocycles. The van der Waals surface area contributed by atoms with Crippen LogP contribution < -0.4 is 5.32 Å². The summed E-state index contributed by atoms with van der Waals surface area (Å²) in [7, 11) is 1.74. The van der Waals surface area contributed by atoms with Crippen LogP contribution in [0.4, 0.5) is 0 Å². The van der Waals surface area contributed by atoms with Crippen LogP contribution in [0.15, 0.2) is 0 Å². The molecule has 3 atom stereocenters. The van der Waals surface area contributed by atoms with Crippen LogP contribution in [0.1, 0.15) is 32.1 Å². The Morgan fingerprint density at radius 3 is 2.74 bits per heavy atom. The fourth-order valence-corrected chi connectivity index (χ4v) is 3.74. The number of fused-ring (bicyclic) bond motifs is 1. The average Bonchev–Trinajstić information content (AvgIpc) is 3.13. The quantitative estimate of drug-likeness (QED) is 0.814. The van der Waals surface area contributed by atoms with Crippen molar-refractivity contribution in [3.05, 3.63) is 0 Å². The molecule has 19 heavy (non-hydrogen) atoms. The van der Waals surface area contributed by atoms with Gasteiger partial charge in [0.05, 0.1) is 6.54 Å². The number of rotatable bonds is 5. The zero-order valence-corrected chi connectivity index (χ0v) is 11.9. The lowest BCUT2D eigenvalue weighted by Gasteiger charge is -2.28. The van der Waals surface area contributed by atoms with E-state index in [0.29, 0.717) is 12.6 Å². The standard InChI is InChI=1S/C15H26N2O2/c1-16-15(18)9-17(8-11-2-3-11)14-6-12-4-5-19-10-13(12)7-14/h11-14H,2-10H2,1H3,(H,16,18)/t12-,13-,14+/m1/s1. The third-order valence-electron chi connectivity index (χ3n) is 5.11. The van der Waals surface area contributed by atoms with Gasteiger partial charge in [-0.1, -0.05) is 0 Å². The molecule has 4 heteroatoms. The summed E-state index contributed by atoms with van der Waals surface area (Å²) in [6.45, 7) is 3.58. The zero-order valence-electron chi connectivity index (χ0n) is 11.9. The molecule has 0 radical (unpaired) electrons. The van der Waals surface area contributed by atoms with Gasteiger partial charge in [0.15, 0.2) is 0 Å². The average molecular weight is 266 g/mol. The van der Waals surface area contributed by atoms with E-state index in [9.17, 15) is 4.79 Å². The maximum atomic E-state index is 11.7. The summed E-state index contributed by atoms with van der Waals surface area (Å²) >= 11 is 0. The molecule has 0 spiro atoms. The zero-order chi connectivity index (χ0) is 13.2. The second-order valence-electron chi connectivity index (χ2n) is 6.55. The highest BCUT2D eigenvalue weighted by atomic mass is 16.5. The van der Waals surface area contributed by atoms with Crippen molar-refractivity contribution in [2.45, 2.75) is 38.1 Å². The van der Waals surface area contributed by atoms with E-state index >= 15 is 0 Å². The van der Waals surface area contributed by atoms with Crippen LogP contribution in [0.2, 0.25) is 0 Å². The molecule has 1 aliphatic heterocycles. The first-order valence-corrected chi connectivity index (χ1v) is 7.78. The van der Waals surface area contributed by atoms with Crippen LogP contribution in [0.25, 0.3) is 0 Å². The SMILES string of the molecule is CNC(=O)CN(CC1CC1)[C@H]1C[C@H]2CCOC[C@H]2C1. The maximum Gasteiger partial charge on any atom is 0.233 e. The summed E-state index contributed by atoms with van der Waals surface area (Å²) in [5, 5.41) is 2.77. The normalized spacial score (nSPS) is 34.3. The molecule has 3 rings (SSSR count). The molecule has 1 heterocycles. The molecule has 3 fully saturated rings. The van der Waals surface area contributed by atoms with Crippen molar-refractivity contribution in [1.29, 1.82) is 0 Å². The molecule has 0 aromatic rings. The minimum absolute atomic E-state index is 0.159. The molecule has 3 aliphatic rings. The monoisotopic (exact) mass is 266 g/mol. The molecule has 1 N–H and O–H groups in total. The second kappa shape index (κ2) is 5.80. The van der Waals surface area contributed by atoms with Gasteiger partial charge in [-0.2, -0.15) is 0 Å². The Hall–Kier alpha value is -0.610. The van der Waals surface area contributed by atoms with Gasteiger partial charge in [0.25, 0.3) is 0 Å². The molecule has 2 saturated carbocycles. The molecule has 0 aromatic heterocycles. The van der Waals surface area contributed by atoms with Gasteiger partial charge in [0, 0.05) is 32.8 Å². The molecule has 2 aliphatic carbocycles. The van der Waals surface area contributed by atoms with Crippen LogP contribution in [0.5, 0.6) is 0 Å². The lowest BCUT2D eigenvalue weighted by Crippen LogP contribution is -2.42. The highest BCUT2D eigenvalue weighted by Crippen LogP contribution is 2.40. The lowest BCUT2D eigenvalue weighted by molar-refractivity contribution is -0.122. The number of hydrogen-bond donors (Lipinski definition) is 1. The van der Waals surface area contributed by atoms with Crippen molar-refractivity contribution in [3.63, 3.8) is 0 Å². The topological polar surface area (TPSA) is 41.6 Å². The van der Waals surface area contributed by atoms with Crippen molar-refractivity contribution in [1.82, 2.24) is 10.2 Å². The summed E-state index contributed by atoms with van der Waals surface area (Å²) in [5.41, 5.74) is 0. The van der Waals surface area contributed by atoms with E-state index in [1.807, 2.05) is 0 Å². The predicted molar refractivity (Wildman–Crippen MR) is 73.8 cm³/mol. The summed E-state index contributed by atoms with van der Waals surface area (Å²) in [5.74, 6) is 2.59. The number of hydrogen-bond acceptors (Lipinski definition) is 3. The molecular weight excluding hydrogens is 240 g/mol. The number of amides is 1. The number of nitrogens with one attached hydrogen (secondary N) is 1. The number of carbonyl (C=O) groups excluding carboxylic acids is 1. The van der Waals surface area contributed by atoms with Gasteiger partial charge in [-0.15, -0.1) is 0 Å². The van der Waals surface area contributed by atoms with Crippen molar-refractivity contribution in [2.24, 2.45) is 17.8 Å². The van der Waals surface area contributed by atoms with Crippen molar-refractivity contribution in [3.8, 4) is 0 Å². The molecule has 1 saturated heterocycles. The highest BCUT2D eigenvalue weighted by Gasteiger charge is 2.40. The van der Waals surface area contributed by atoms with E-state index in [-0.39, 0.29) is 5.91 Å². The fraction of sp³-hybridized carbons (Fsp3) is 0.933. The summed E-state index contributed by atoms with van der Waals surface area (Å²) < 4.78 is 5.61. The Labute approximate surface area is 115 Å². The van der Waals surface area contributed by atoms with Gasteiger partial charge in [-0.3, -0.25) is 9.69 Å². The third-order valence-corrected chi connectivity index (χ3v) is 5.11. The first kappa shape index (κ1) is 13.4. The fourth-order valence-electron chi connectivity index (χ4n) is 3.74. The van der Waals surface area contributed by atoms with E-state index in [0.717, 1.165) is 37.5 Å². The largest absolute Gasteiger partial charge is 0.381 e. The van der Waals surface area contributed by atoms with Gasteiger partial charge < -0.3 is 10.1 Å². The molecule has 0 bridgehead atoms. The van der Waals surface area contributed by atoms with Crippen molar-refractivity contribution >= 4 is 5.91 Å². The summed E-state index contributed by atoms with van der Waals surface area (Å²) in [6.07, 6.45) is 6.43. The predicted octanol–water partition coefficient (Wildman–Crippen LogP) is 1.26. The van der Waals surface area contributed by atoms with Crippen LogP contribution >= 0.6 is 0 Å². The first-order chi connectivity index (χ1) is 9.26. The van der Waals surface area contributed by atoms with Crippen molar-refractivity contribution < 1.29 is 9.53 Å². The maximum absolute atomic E-state index is 11.7. The van der Waals surface area contributed by atoms with Crippen molar-refractivity contribution in [2.75, 3.05) is 33.4 Å². The molecule has 1 amide bonds. The minimum atomic E-state index is 0.159. The van der Waals surface area contributed by atoms with E-state index in [4.69, 9.17) is 4.74 Å². The Bertz CT molecular complexity index is 316. The number of ether oxygens (including phenoxy) is 1. The van der Waals surface area contributed by atoms with Crippen LogP contribution in [0.3, 0.4) is 0 Å². The van der Waals surface area contributed by atoms with Gasteiger partial charge in [-0.25, -0.2) is 0 Å². The number of nitrogens with zero attached hydrogens (tertiary/aromatic N) is 1. The highest BCUT2D eigenvalue weighted by molar-refractivity contribution is 5.77. The van der Waals surface area contributed by atoms with Crippen LogP contribution in [-0.4, -0.2) is 50.2 Å². The molecular formula is C15H26N2O2. The van der Waals surface area contributed by atoms with E-state index in [2.05, 4.69) is 10.2 Å². The van der Waals surface area contributed by atoms with Gasteiger partial charge in [0.2, 0.25) is 5.91 Å². The number of likely N-dealkylation sites (N-methyl/N-ethyl adjacent to an activating group) is 1. The Morgan fingerprint density at radius 1 is 1.26 bits per heavy atom. The molecule has 0 unspecified atom stereocenters. The Balaban J connectivity index is 1.60. The third kappa shape index (κ3) is 3.29. The van der Waals surface area contributed by atoms with Crippen LogP contribution in [-0.2, 0) is 9.53 Å². The summed E-state index contributed by atoms with van der Waals surface area (Å²) in [6, 6.07) is 0.606. The van der Waals surface area contributed by atoms with Gasteiger partial charge in [-0.05, 0) is 49.9 Å². The molecule has 4 nitrogen and oxygen atoms in total. The van der Waals surface area contributed by atoms with Crippen LogP contribution in [0, 0.1) is 17.8 Å². The van der Waals surface area contributed by atoms with Gasteiger partial charge >= 0.3 is 0 Å². The Morgan fingerprint density at radius 2 is 2.05 bits per heavy atom.